The van der Waals surface area contributed by atoms with Gasteiger partial charge in [0.25, 0.3) is 0 Å². The largest absolute Gasteiger partial charge is 0.435 e. The average Bonchev–Trinajstić information content (AvgIpc) is 3.16. The summed E-state index contributed by atoms with van der Waals surface area (Å²) in [5.74, 6) is -3.26. The Labute approximate surface area is 242 Å². The van der Waals surface area contributed by atoms with Crippen molar-refractivity contribution >= 4 is 74.4 Å². The van der Waals surface area contributed by atoms with Gasteiger partial charge in [0.1, 0.15) is 18.3 Å². The van der Waals surface area contributed by atoms with Crippen LogP contribution in [-0.4, -0.2) is 103 Å². The zero-order chi connectivity index (χ0) is 28.8. The molecule has 0 bridgehead atoms. The molecule has 220 valence electrons. The first-order chi connectivity index (χ1) is 17.9. The second kappa shape index (κ2) is 18.4. The molecule has 0 aromatic carbocycles. The quantitative estimate of drug-likeness (QED) is 0.0784. The molecule has 17 heteroatoms. The van der Waals surface area contributed by atoms with Gasteiger partial charge in [0, 0.05) is 0 Å². The number of carbonyl (C=O) groups excluding carboxylic acids is 4. The minimum atomic E-state index is -1.24. The Balaban J connectivity index is 3.17. The second-order valence-electron chi connectivity index (χ2n) is 7.58. The molecule has 0 amide bonds. The van der Waals surface area contributed by atoms with Gasteiger partial charge in [0.15, 0.2) is 12.6 Å². The van der Waals surface area contributed by atoms with E-state index in [9.17, 15) is 19.2 Å². The Morgan fingerprint density at radius 2 is 0.974 bits per heavy atom. The number of hydrogen-bond donors (Lipinski definition) is 4. The fraction of sp³-hybridized carbons (Fsp3) is 0.810. The summed E-state index contributed by atoms with van der Waals surface area (Å²) in [7, 11) is 0. The molecule has 1 aliphatic rings. The maximum Gasteiger partial charge on any atom is 0.317 e. The SMILES string of the molecule is CC(OCC1OC(OC(C)OC(=O)CS)C(OC(C)OC(=O)CS)C1OC(C)OC(=O)CS)OC(=O)CS. The van der Waals surface area contributed by atoms with Gasteiger partial charge in [-0.05, 0) is 27.7 Å². The van der Waals surface area contributed by atoms with E-state index in [0.717, 1.165) is 0 Å². The number of rotatable bonds is 17. The lowest BCUT2D eigenvalue weighted by molar-refractivity contribution is -0.272. The standard InChI is InChI=1S/C21H34O13S4/c1-10(27-15(22)6-35)26-5-14-19(31-11(2)28-16(23)7-36)20(32-12(3)29-17(24)8-37)21(34-14)33-13(4)30-18(25)9-38/h10-14,19-21,35-38H,5-9H2,1-4H3. The molecular formula is C21H34O13S4. The van der Waals surface area contributed by atoms with Gasteiger partial charge in [-0.1, -0.05) is 0 Å². The second-order valence-corrected chi connectivity index (χ2v) is 8.84. The molecule has 38 heavy (non-hydrogen) atoms. The van der Waals surface area contributed by atoms with Gasteiger partial charge in [0.05, 0.1) is 29.6 Å². The summed E-state index contributed by atoms with van der Waals surface area (Å²) in [6.07, 6.45) is -8.61. The van der Waals surface area contributed by atoms with Gasteiger partial charge in [-0.2, -0.15) is 50.5 Å². The third-order valence-corrected chi connectivity index (χ3v) is 5.52. The van der Waals surface area contributed by atoms with Crippen molar-refractivity contribution in [1.82, 2.24) is 0 Å². The van der Waals surface area contributed by atoms with E-state index in [0.29, 0.717) is 0 Å². The highest BCUT2D eigenvalue weighted by molar-refractivity contribution is 7.81. The number of esters is 4. The van der Waals surface area contributed by atoms with Crippen LogP contribution in [-0.2, 0) is 61.8 Å². The molecule has 8 atom stereocenters. The summed E-state index contributed by atoms with van der Waals surface area (Å²) in [6, 6.07) is 0. The fourth-order valence-electron chi connectivity index (χ4n) is 3.11. The highest BCUT2D eigenvalue weighted by Crippen LogP contribution is 2.31. The highest BCUT2D eigenvalue weighted by atomic mass is 32.1. The lowest BCUT2D eigenvalue weighted by Gasteiger charge is -2.29. The van der Waals surface area contributed by atoms with E-state index >= 15 is 0 Å². The monoisotopic (exact) mass is 622 g/mol. The summed E-state index contributed by atoms with van der Waals surface area (Å²) < 4.78 is 49.4. The van der Waals surface area contributed by atoms with Crippen LogP contribution >= 0.6 is 50.5 Å². The first kappa shape index (κ1) is 35.1. The predicted octanol–water partition coefficient (Wildman–Crippen LogP) is 0.791. The summed E-state index contributed by atoms with van der Waals surface area (Å²) in [6.45, 7) is 5.65. The number of thiol groups is 4. The van der Waals surface area contributed by atoms with Crippen LogP contribution in [0.4, 0.5) is 0 Å². The molecule has 0 radical (unpaired) electrons. The van der Waals surface area contributed by atoms with Crippen LogP contribution < -0.4 is 0 Å². The zero-order valence-electron chi connectivity index (χ0n) is 21.3. The molecule has 1 saturated heterocycles. The van der Waals surface area contributed by atoms with E-state index < -0.39 is 73.6 Å². The smallest absolute Gasteiger partial charge is 0.317 e. The van der Waals surface area contributed by atoms with Gasteiger partial charge in [-0.3, -0.25) is 19.2 Å². The van der Waals surface area contributed by atoms with E-state index in [1.54, 1.807) is 0 Å². The minimum absolute atomic E-state index is 0.148. The van der Waals surface area contributed by atoms with Crippen LogP contribution in [0.3, 0.4) is 0 Å². The van der Waals surface area contributed by atoms with Gasteiger partial charge in [-0.25, -0.2) is 0 Å². The average molecular weight is 623 g/mol. The van der Waals surface area contributed by atoms with Gasteiger partial charge < -0.3 is 42.6 Å². The zero-order valence-corrected chi connectivity index (χ0v) is 24.8. The summed E-state index contributed by atoms with van der Waals surface area (Å²) in [5.41, 5.74) is 0. The fourth-order valence-corrected chi connectivity index (χ4v) is 3.41. The van der Waals surface area contributed by atoms with Crippen molar-refractivity contribution in [2.75, 3.05) is 29.6 Å². The molecule has 8 unspecified atom stereocenters. The van der Waals surface area contributed by atoms with E-state index in [1.807, 2.05) is 0 Å². The van der Waals surface area contributed by atoms with E-state index in [1.165, 1.54) is 27.7 Å². The number of carbonyl (C=O) groups is 4. The Morgan fingerprint density at radius 3 is 1.39 bits per heavy atom. The third kappa shape index (κ3) is 13.0. The van der Waals surface area contributed by atoms with Crippen molar-refractivity contribution in [1.29, 1.82) is 0 Å². The van der Waals surface area contributed by atoms with Crippen molar-refractivity contribution in [3.63, 3.8) is 0 Å². The molecule has 0 aromatic heterocycles. The van der Waals surface area contributed by atoms with Gasteiger partial charge in [-0.15, -0.1) is 0 Å². The Morgan fingerprint density at radius 1 is 0.605 bits per heavy atom. The minimum Gasteiger partial charge on any atom is -0.435 e. The Hall–Kier alpha value is -0.920. The number of ether oxygens (including phenoxy) is 9. The number of hydrogen-bond acceptors (Lipinski definition) is 17. The Kier molecular flexibility index (Phi) is 17.0. The summed E-state index contributed by atoms with van der Waals surface area (Å²) in [5, 5.41) is 0. The molecule has 1 fully saturated rings. The summed E-state index contributed by atoms with van der Waals surface area (Å²) >= 11 is 15.4. The van der Waals surface area contributed by atoms with Crippen molar-refractivity contribution < 1.29 is 61.8 Å². The van der Waals surface area contributed by atoms with Crippen molar-refractivity contribution in [3.05, 3.63) is 0 Å². The molecule has 13 nitrogen and oxygen atoms in total. The van der Waals surface area contributed by atoms with E-state index in [2.05, 4.69) is 50.5 Å². The molecule has 0 spiro atoms. The lowest BCUT2D eigenvalue weighted by atomic mass is 10.1. The maximum atomic E-state index is 11.7. The van der Waals surface area contributed by atoms with Crippen LogP contribution in [0.1, 0.15) is 27.7 Å². The molecule has 1 heterocycles. The molecule has 0 N–H and O–H groups in total. The van der Waals surface area contributed by atoms with Crippen molar-refractivity contribution in [2.45, 2.75) is 77.5 Å². The first-order valence-electron chi connectivity index (χ1n) is 11.4. The van der Waals surface area contributed by atoms with Crippen LogP contribution in [0.25, 0.3) is 0 Å². The topological polar surface area (TPSA) is 151 Å². The van der Waals surface area contributed by atoms with Crippen molar-refractivity contribution in [2.24, 2.45) is 0 Å². The molecule has 1 rings (SSSR count). The van der Waals surface area contributed by atoms with Crippen LogP contribution in [0, 0.1) is 0 Å². The van der Waals surface area contributed by atoms with Crippen molar-refractivity contribution in [3.8, 4) is 0 Å². The summed E-state index contributed by atoms with van der Waals surface area (Å²) in [4.78, 5) is 46.6. The van der Waals surface area contributed by atoms with E-state index in [4.69, 9.17) is 42.6 Å². The highest BCUT2D eigenvalue weighted by Gasteiger charge is 2.50. The third-order valence-electron chi connectivity index (χ3n) is 4.49. The Bertz CT molecular complexity index is 773. The van der Waals surface area contributed by atoms with Gasteiger partial charge in [0.2, 0.25) is 18.9 Å². The lowest BCUT2D eigenvalue weighted by Crippen LogP contribution is -2.45. The molecular weight excluding hydrogens is 588 g/mol. The van der Waals surface area contributed by atoms with E-state index in [-0.39, 0.29) is 29.6 Å². The van der Waals surface area contributed by atoms with Crippen LogP contribution in [0.2, 0.25) is 0 Å². The molecule has 0 aromatic rings. The van der Waals surface area contributed by atoms with Gasteiger partial charge >= 0.3 is 23.9 Å². The molecule has 0 aliphatic carbocycles. The molecule has 1 aliphatic heterocycles. The van der Waals surface area contributed by atoms with Crippen LogP contribution in [0.15, 0.2) is 0 Å². The van der Waals surface area contributed by atoms with Crippen LogP contribution in [0.5, 0.6) is 0 Å². The first-order valence-corrected chi connectivity index (χ1v) is 13.9. The maximum absolute atomic E-state index is 11.7. The predicted molar refractivity (Wildman–Crippen MR) is 143 cm³/mol. The normalized spacial score (nSPS) is 24.1. The molecule has 0 saturated carbocycles.